The summed E-state index contributed by atoms with van der Waals surface area (Å²) in [5.74, 6) is 0. The zero-order chi connectivity index (χ0) is 19.0. The van der Waals surface area contributed by atoms with E-state index in [9.17, 15) is 5.11 Å². The Bertz CT molecular complexity index is 964. The van der Waals surface area contributed by atoms with Crippen LogP contribution in [0.2, 0.25) is 0 Å². The minimum atomic E-state index is -1.26. The molecule has 3 aromatic carbocycles. The van der Waals surface area contributed by atoms with Crippen LogP contribution in [0.4, 0.5) is 11.4 Å². The quantitative estimate of drug-likeness (QED) is 0.466. The molecule has 27 heavy (non-hydrogen) atoms. The maximum atomic E-state index is 11.8. The zero-order valence-electron chi connectivity index (χ0n) is 14.2. The zero-order valence-corrected chi connectivity index (χ0v) is 18.2. The fourth-order valence-electron chi connectivity index (χ4n) is 3.30. The number of aliphatic hydroxyl groups is 1. The standard InChI is InChI=1S/C21H16Br2N2OS/c22-16-6-10-18(11-7-16)24-14-21(26,15-4-2-1-3-5-15)25(20(24)27)19-12-8-17(23)9-13-19/h1-13,26H,14H2. The highest BCUT2D eigenvalue weighted by Crippen LogP contribution is 2.40. The van der Waals surface area contributed by atoms with Crippen LogP contribution in [-0.4, -0.2) is 16.8 Å². The van der Waals surface area contributed by atoms with E-state index >= 15 is 0 Å². The summed E-state index contributed by atoms with van der Waals surface area (Å²) in [6.07, 6.45) is 0. The molecule has 3 nitrogen and oxygen atoms in total. The predicted molar refractivity (Wildman–Crippen MR) is 121 cm³/mol. The van der Waals surface area contributed by atoms with Gasteiger partial charge in [-0.1, -0.05) is 62.2 Å². The van der Waals surface area contributed by atoms with Crippen molar-refractivity contribution in [1.29, 1.82) is 0 Å². The Morgan fingerprint density at radius 3 is 1.85 bits per heavy atom. The van der Waals surface area contributed by atoms with Gasteiger partial charge in [0.2, 0.25) is 0 Å². The Hall–Kier alpha value is -1.73. The Morgan fingerprint density at radius 1 is 0.778 bits per heavy atom. The van der Waals surface area contributed by atoms with E-state index in [-0.39, 0.29) is 0 Å². The molecular formula is C21H16Br2N2OS. The van der Waals surface area contributed by atoms with Crippen molar-refractivity contribution in [2.45, 2.75) is 5.72 Å². The maximum absolute atomic E-state index is 11.8. The summed E-state index contributed by atoms with van der Waals surface area (Å²) in [5.41, 5.74) is 1.32. The first-order valence-electron chi connectivity index (χ1n) is 8.40. The van der Waals surface area contributed by atoms with Crippen molar-refractivity contribution < 1.29 is 5.11 Å². The Labute approximate surface area is 180 Å². The Kier molecular flexibility index (Phi) is 5.07. The molecule has 1 N–H and O–H groups in total. The van der Waals surface area contributed by atoms with Gasteiger partial charge in [-0.15, -0.1) is 0 Å². The average Bonchev–Trinajstić information content (AvgIpc) is 2.96. The molecule has 0 amide bonds. The van der Waals surface area contributed by atoms with Gasteiger partial charge in [0.1, 0.15) is 0 Å². The molecule has 0 spiro atoms. The lowest BCUT2D eigenvalue weighted by molar-refractivity contribution is 0.0677. The van der Waals surface area contributed by atoms with Gasteiger partial charge < -0.3 is 10.0 Å². The van der Waals surface area contributed by atoms with Gasteiger partial charge in [-0.05, 0) is 60.7 Å². The molecule has 1 saturated heterocycles. The number of benzene rings is 3. The molecule has 0 aromatic heterocycles. The molecule has 0 aliphatic carbocycles. The van der Waals surface area contributed by atoms with Crippen LogP contribution < -0.4 is 9.80 Å². The van der Waals surface area contributed by atoms with Crippen LogP contribution in [0.15, 0.2) is 87.8 Å². The number of rotatable bonds is 3. The van der Waals surface area contributed by atoms with E-state index in [1.807, 2.05) is 88.7 Å². The second-order valence-electron chi connectivity index (χ2n) is 6.34. The van der Waals surface area contributed by atoms with E-state index in [1.165, 1.54) is 0 Å². The number of hydrogen-bond acceptors (Lipinski definition) is 2. The molecule has 1 aliphatic rings. The third kappa shape index (κ3) is 3.43. The first-order valence-corrected chi connectivity index (χ1v) is 10.4. The number of β-amino-alcohol motifs (C(OH)–C–C–N with tert-alkyl or cyclic N) is 1. The predicted octanol–water partition coefficient (Wildman–Crippen LogP) is 5.67. The van der Waals surface area contributed by atoms with E-state index in [1.54, 1.807) is 0 Å². The molecule has 0 radical (unpaired) electrons. The minimum absolute atomic E-state index is 0.341. The van der Waals surface area contributed by atoms with Crippen molar-refractivity contribution in [3.8, 4) is 0 Å². The SMILES string of the molecule is OC1(c2ccccc2)CN(c2ccc(Br)cc2)C(=S)N1c1ccc(Br)cc1. The number of nitrogens with zero attached hydrogens (tertiary/aromatic N) is 2. The van der Waals surface area contributed by atoms with Crippen LogP contribution >= 0.6 is 44.1 Å². The van der Waals surface area contributed by atoms with Crippen molar-refractivity contribution in [3.05, 3.63) is 93.4 Å². The summed E-state index contributed by atoms with van der Waals surface area (Å²) in [5, 5.41) is 12.3. The fraction of sp³-hybridized carbons (Fsp3) is 0.0952. The number of thiocarbonyl (C=S) groups is 1. The third-order valence-corrected chi connectivity index (χ3v) is 6.09. The second kappa shape index (κ2) is 7.36. The van der Waals surface area contributed by atoms with Crippen molar-refractivity contribution in [3.63, 3.8) is 0 Å². The minimum Gasteiger partial charge on any atom is -0.365 e. The summed E-state index contributed by atoms with van der Waals surface area (Å²) in [7, 11) is 0. The molecule has 6 heteroatoms. The number of halogens is 2. The monoisotopic (exact) mass is 502 g/mol. The van der Waals surface area contributed by atoms with Crippen LogP contribution in [0, 0.1) is 0 Å². The smallest absolute Gasteiger partial charge is 0.188 e. The summed E-state index contributed by atoms with van der Waals surface area (Å²) < 4.78 is 1.98. The lowest BCUT2D eigenvalue weighted by atomic mass is 10.0. The van der Waals surface area contributed by atoms with Crippen LogP contribution in [0.25, 0.3) is 0 Å². The summed E-state index contributed by atoms with van der Waals surface area (Å²) in [6, 6.07) is 25.4. The summed E-state index contributed by atoms with van der Waals surface area (Å²) in [6.45, 7) is 0.341. The van der Waals surface area contributed by atoms with Gasteiger partial charge in [-0.3, -0.25) is 4.90 Å². The molecule has 136 valence electrons. The molecule has 1 unspecified atom stereocenters. The van der Waals surface area contributed by atoms with E-state index in [2.05, 4.69) is 31.9 Å². The number of anilines is 2. The van der Waals surface area contributed by atoms with Crippen molar-refractivity contribution in [2.75, 3.05) is 16.3 Å². The fourth-order valence-corrected chi connectivity index (χ4v) is 4.26. The normalized spacial score (nSPS) is 19.6. The Morgan fingerprint density at radius 2 is 1.30 bits per heavy atom. The van der Waals surface area contributed by atoms with Gasteiger partial charge in [-0.25, -0.2) is 0 Å². The third-order valence-electron chi connectivity index (χ3n) is 4.63. The largest absolute Gasteiger partial charge is 0.365 e. The van der Waals surface area contributed by atoms with Gasteiger partial charge in [0.25, 0.3) is 0 Å². The van der Waals surface area contributed by atoms with Crippen molar-refractivity contribution in [1.82, 2.24) is 0 Å². The van der Waals surface area contributed by atoms with E-state index in [0.29, 0.717) is 11.7 Å². The van der Waals surface area contributed by atoms with Crippen molar-refractivity contribution >= 4 is 60.6 Å². The van der Waals surface area contributed by atoms with Crippen LogP contribution in [0.3, 0.4) is 0 Å². The van der Waals surface area contributed by atoms with E-state index < -0.39 is 5.72 Å². The second-order valence-corrected chi connectivity index (χ2v) is 8.54. The maximum Gasteiger partial charge on any atom is 0.188 e. The van der Waals surface area contributed by atoms with Crippen LogP contribution in [0.5, 0.6) is 0 Å². The Balaban J connectivity index is 1.83. The van der Waals surface area contributed by atoms with Gasteiger partial charge in [0, 0.05) is 25.9 Å². The molecular weight excluding hydrogens is 488 g/mol. The van der Waals surface area contributed by atoms with E-state index in [4.69, 9.17) is 12.2 Å². The van der Waals surface area contributed by atoms with Gasteiger partial charge in [-0.2, -0.15) is 0 Å². The average molecular weight is 504 g/mol. The van der Waals surface area contributed by atoms with Gasteiger partial charge in [0.15, 0.2) is 10.8 Å². The highest BCUT2D eigenvalue weighted by Gasteiger charge is 2.48. The van der Waals surface area contributed by atoms with Crippen molar-refractivity contribution in [2.24, 2.45) is 0 Å². The van der Waals surface area contributed by atoms with Gasteiger partial charge >= 0.3 is 0 Å². The summed E-state index contributed by atoms with van der Waals surface area (Å²) in [4.78, 5) is 3.79. The first-order chi connectivity index (χ1) is 13.0. The molecule has 1 aliphatic heterocycles. The van der Waals surface area contributed by atoms with Gasteiger partial charge in [0.05, 0.1) is 6.54 Å². The molecule has 4 rings (SSSR count). The topological polar surface area (TPSA) is 26.7 Å². The lowest BCUT2D eigenvalue weighted by Gasteiger charge is -2.33. The summed E-state index contributed by atoms with van der Waals surface area (Å²) >= 11 is 12.7. The molecule has 1 fully saturated rings. The molecule has 1 heterocycles. The lowest BCUT2D eigenvalue weighted by Crippen LogP contribution is -2.44. The highest BCUT2D eigenvalue weighted by molar-refractivity contribution is 9.10. The molecule has 0 bridgehead atoms. The molecule has 3 aromatic rings. The van der Waals surface area contributed by atoms with E-state index in [0.717, 1.165) is 25.9 Å². The highest BCUT2D eigenvalue weighted by atomic mass is 79.9. The molecule has 0 saturated carbocycles. The van der Waals surface area contributed by atoms with Crippen LogP contribution in [-0.2, 0) is 5.72 Å². The molecule has 1 atom stereocenters. The van der Waals surface area contributed by atoms with Crippen LogP contribution in [0.1, 0.15) is 5.56 Å². The first kappa shape index (κ1) is 18.6. The number of hydrogen-bond donors (Lipinski definition) is 1.